The summed E-state index contributed by atoms with van der Waals surface area (Å²) < 4.78 is 34.1. The molecule has 12 heteroatoms. The number of aromatic nitrogens is 5. The second-order valence-electron chi connectivity index (χ2n) is 14.8. The van der Waals surface area contributed by atoms with Gasteiger partial charge in [-0.3, -0.25) is 19.4 Å². The summed E-state index contributed by atoms with van der Waals surface area (Å²) in [4.78, 5) is 27.2. The van der Waals surface area contributed by atoms with Crippen molar-refractivity contribution in [2.24, 2.45) is 13.0 Å². The standard InChI is InChI=1S/C38H43FN8O3/c1-20(28-12-7-13-45(28)4)50-37-24-16-29(26-19-46(5)43-33(26)38(48)44(2)3)47(34-22-15-27(34)40-17-22)35(24)25-18-41-31(30(39)32(25)42-37)23-11-6-9-21-10-8-14-49-36(21)23/h6,9,11,16,18-20,22,27-28,34,40H,7-8,10,12-15,17H2,1-5H3/t20-,22+,27+,28-,34-/m0/s1. The van der Waals surface area contributed by atoms with E-state index in [0.717, 1.165) is 72.9 Å². The van der Waals surface area contributed by atoms with Gasteiger partial charge in [-0.15, -0.1) is 0 Å². The molecule has 5 aliphatic rings. The van der Waals surface area contributed by atoms with E-state index in [9.17, 15) is 4.79 Å². The molecular formula is C38H43FN8O3. The fourth-order valence-corrected chi connectivity index (χ4v) is 8.92. The van der Waals surface area contributed by atoms with Crippen molar-refractivity contribution in [3.05, 3.63) is 53.7 Å². The van der Waals surface area contributed by atoms with Crippen LogP contribution in [-0.4, -0.2) is 99.0 Å². The van der Waals surface area contributed by atoms with Crippen LogP contribution in [0.25, 0.3) is 44.3 Å². The van der Waals surface area contributed by atoms with Gasteiger partial charge in [0.15, 0.2) is 11.5 Å². The van der Waals surface area contributed by atoms with Crippen molar-refractivity contribution >= 4 is 27.7 Å². The summed E-state index contributed by atoms with van der Waals surface area (Å²) in [6.45, 7) is 4.57. The largest absolute Gasteiger partial charge is 0.493 e. The Labute approximate surface area is 290 Å². The summed E-state index contributed by atoms with van der Waals surface area (Å²) in [7, 11) is 7.42. The van der Waals surface area contributed by atoms with Crippen LogP contribution >= 0.6 is 0 Å². The number of nitrogens with one attached hydrogen (secondary N) is 1. The first-order valence-corrected chi connectivity index (χ1v) is 17.8. The van der Waals surface area contributed by atoms with Crippen molar-refractivity contribution in [2.75, 3.05) is 40.8 Å². The summed E-state index contributed by atoms with van der Waals surface area (Å²) in [5.41, 5.74) is 4.84. The SMILES string of the molecule is C[C@H](Oc1nc2c(F)c(-c3cccc4c3OCCC4)ncc2c2c1cc(-c1cn(C)nc1C(=O)N(C)C)n2[C@H]1[C@H]2CN[C@@H]1C2)[C@@H]1CCCN1C. The van der Waals surface area contributed by atoms with Crippen LogP contribution in [0.2, 0.25) is 0 Å². The Morgan fingerprint density at radius 1 is 1.18 bits per heavy atom. The van der Waals surface area contributed by atoms with Gasteiger partial charge in [-0.25, -0.2) is 9.37 Å². The predicted octanol–water partition coefficient (Wildman–Crippen LogP) is 5.21. The number of halogens is 1. The molecule has 5 aromatic rings. The molecule has 10 rings (SSSR count). The van der Waals surface area contributed by atoms with Gasteiger partial charge in [0.1, 0.15) is 23.1 Å². The third kappa shape index (κ3) is 4.75. The van der Waals surface area contributed by atoms with Crippen molar-refractivity contribution < 1.29 is 18.7 Å². The van der Waals surface area contributed by atoms with E-state index >= 15 is 4.39 Å². The van der Waals surface area contributed by atoms with Gasteiger partial charge in [0.05, 0.1) is 29.2 Å². The molecule has 0 unspecified atom stereocenters. The normalized spacial score (nSPS) is 23.6. The van der Waals surface area contributed by atoms with Gasteiger partial charge in [-0.2, -0.15) is 5.10 Å². The first kappa shape index (κ1) is 31.4. The number of likely N-dealkylation sites (N-methyl/N-ethyl adjacent to an activating group) is 1. The van der Waals surface area contributed by atoms with Crippen molar-refractivity contribution in [2.45, 2.75) is 63.3 Å². The zero-order valence-corrected chi connectivity index (χ0v) is 29.2. The number of carbonyl (C=O) groups excluding carboxylic acids is 1. The highest BCUT2D eigenvalue weighted by molar-refractivity contribution is 6.10. The first-order chi connectivity index (χ1) is 24.2. The Morgan fingerprint density at radius 2 is 2.04 bits per heavy atom. The monoisotopic (exact) mass is 678 g/mol. The van der Waals surface area contributed by atoms with Gasteiger partial charge in [0.25, 0.3) is 5.91 Å². The molecule has 1 amide bonds. The summed E-state index contributed by atoms with van der Waals surface area (Å²) in [5, 5.41) is 9.67. The lowest BCUT2D eigenvalue weighted by Crippen LogP contribution is -2.39. The second-order valence-corrected chi connectivity index (χ2v) is 14.8. The smallest absolute Gasteiger partial charge is 0.274 e. The molecule has 5 atom stereocenters. The van der Waals surface area contributed by atoms with Crippen molar-refractivity contribution in [1.82, 2.24) is 39.4 Å². The molecule has 2 bridgehead atoms. The van der Waals surface area contributed by atoms with E-state index in [0.29, 0.717) is 40.8 Å². The third-order valence-corrected chi connectivity index (χ3v) is 11.4. The summed E-state index contributed by atoms with van der Waals surface area (Å²) >= 11 is 0. The molecule has 11 nitrogen and oxygen atoms in total. The summed E-state index contributed by atoms with van der Waals surface area (Å²) in [6.07, 6.45) is 8.46. The number of hydrogen-bond donors (Lipinski definition) is 1. The maximum atomic E-state index is 17.2. The van der Waals surface area contributed by atoms with Crippen LogP contribution in [0.5, 0.6) is 11.6 Å². The van der Waals surface area contributed by atoms with Crippen molar-refractivity contribution in [3.63, 3.8) is 0 Å². The lowest BCUT2D eigenvalue weighted by molar-refractivity contribution is 0.0821. The molecule has 1 aromatic carbocycles. The molecule has 260 valence electrons. The minimum Gasteiger partial charge on any atom is -0.493 e. The lowest BCUT2D eigenvalue weighted by Gasteiger charge is -2.37. The number of pyridine rings is 2. The molecule has 4 fully saturated rings. The maximum absolute atomic E-state index is 17.2. The molecule has 1 saturated carbocycles. The Kier molecular flexibility index (Phi) is 7.40. The Balaban J connectivity index is 1.32. The van der Waals surface area contributed by atoms with Crippen LogP contribution in [0, 0.1) is 11.7 Å². The van der Waals surface area contributed by atoms with Crippen LogP contribution in [0.1, 0.15) is 54.7 Å². The fraction of sp³-hybridized carbons (Fsp3) is 0.474. The number of aryl methyl sites for hydroxylation is 2. The van der Waals surface area contributed by atoms with E-state index in [1.807, 2.05) is 31.4 Å². The maximum Gasteiger partial charge on any atom is 0.274 e. The summed E-state index contributed by atoms with van der Waals surface area (Å²) in [5.74, 6) is 0.776. The minimum absolute atomic E-state index is 0.0964. The van der Waals surface area contributed by atoms with E-state index < -0.39 is 5.82 Å². The van der Waals surface area contributed by atoms with Crippen LogP contribution in [0.15, 0.2) is 36.7 Å². The van der Waals surface area contributed by atoms with Gasteiger partial charge >= 0.3 is 0 Å². The topological polar surface area (TPSA) is 103 Å². The number of amides is 1. The zero-order chi connectivity index (χ0) is 34.4. The van der Waals surface area contributed by atoms with E-state index in [1.165, 1.54) is 0 Å². The van der Waals surface area contributed by atoms with Crippen LogP contribution in [-0.2, 0) is 13.5 Å². The minimum atomic E-state index is -0.503. The first-order valence-electron chi connectivity index (χ1n) is 17.8. The number of carbonyl (C=O) groups is 1. The molecule has 8 heterocycles. The molecule has 4 aliphatic heterocycles. The van der Waals surface area contributed by atoms with Crippen molar-refractivity contribution in [1.29, 1.82) is 0 Å². The molecular weight excluding hydrogens is 635 g/mol. The van der Waals surface area contributed by atoms with Crippen LogP contribution in [0.3, 0.4) is 0 Å². The lowest BCUT2D eigenvalue weighted by atomic mass is 9.79. The Bertz CT molecular complexity index is 2160. The summed E-state index contributed by atoms with van der Waals surface area (Å²) in [6, 6.07) is 8.48. The molecule has 0 spiro atoms. The van der Waals surface area contributed by atoms with E-state index in [-0.39, 0.29) is 41.3 Å². The number of hydrogen-bond acceptors (Lipinski definition) is 8. The van der Waals surface area contributed by atoms with E-state index in [1.54, 1.807) is 29.9 Å². The highest BCUT2D eigenvalue weighted by Crippen LogP contribution is 2.51. The van der Waals surface area contributed by atoms with Gasteiger partial charge in [-0.05, 0) is 76.2 Å². The number of rotatable bonds is 7. The number of para-hydroxylation sites is 1. The van der Waals surface area contributed by atoms with Gasteiger partial charge in [0, 0.05) is 68.7 Å². The van der Waals surface area contributed by atoms with Gasteiger partial charge in [0.2, 0.25) is 5.88 Å². The quantitative estimate of drug-likeness (QED) is 0.250. The average molecular weight is 679 g/mol. The number of benzene rings is 1. The number of ether oxygens (including phenoxy) is 2. The third-order valence-electron chi connectivity index (χ3n) is 11.4. The molecule has 0 radical (unpaired) electrons. The van der Waals surface area contributed by atoms with Crippen molar-refractivity contribution in [3.8, 4) is 34.1 Å². The Hall–Kier alpha value is -4.55. The molecule has 3 saturated heterocycles. The Morgan fingerprint density at radius 3 is 2.78 bits per heavy atom. The highest BCUT2D eigenvalue weighted by atomic mass is 19.1. The number of fused-ring (bicyclic) bond motifs is 5. The molecule has 4 aromatic heterocycles. The molecule has 1 aliphatic carbocycles. The van der Waals surface area contributed by atoms with Gasteiger partial charge in [-0.1, -0.05) is 12.1 Å². The highest BCUT2D eigenvalue weighted by Gasteiger charge is 2.49. The fourth-order valence-electron chi connectivity index (χ4n) is 8.92. The van der Waals surface area contributed by atoms with E-state index in [4.69, 9.17) is 19.4 Å². The molecule has 50 heavy (non-hydrogen) atoms. The predicted molar refractivity (Wildman–Crippen MR) is 189 cm³/mol. The number of nitrogens with zero attached hydrogens (tertiary/aromatic N) is 7. The zero-order valence-electron chi connectivity index (χ0n) is 29.2. The van der Waals surface area contributed by atoms with Crippen LogP contribution in [0.4, 0.5) is 4.39 Å². The van der Waals surface area contributed by atoms with E-state index in [2.05, 4.69) is 39.9 Å². The second kappa shape index (κ2) is 11.8. The van der Waals surface area contributed by atoms with Gasteiger partial charge < -0.3 is 24.3 Å². The van der Waals surface area contributed by atoms with Crippen LogP contribution < -0.4 is 14.8 Å². The number of likely N-dealkylation sites (tertiary alicyclic amines) is 1. The molecule has 1 N–H and O–H groups in total. The average Bonchev–Trinajstić information content (AvgIpc) is 3.94.